The second-order valence-electron chi connectivity index (χ2n) is 3.91. The first-order valence-electron chi connectivity index (χ1n) is 5.36. The fourth-order valence-electron chi connectivity index (χ4n) is 1.50. The smallest absolute Gasteiger partial charge is 0.154 e. The van der Waals surface area contributed by atoms with Crippen LogP contribution in [0.3, 0.4) is 0 Å². The van der Waals surface area contributed by atoms with E-state index in [9.17, 15) is 8.42 Å². The molecule has 1 aromatic carbocycles. The Labute approximate surface area is 106 Å². The Hall–Kier alpha value is -0.350. The van der Waals surface area contributed by atoms with Crippen molar-refractivity contribution in [2.45, 2.75) is 25.5 Å². The first-order chi connectivity index (χ1) is 7.55. The molecule has 0 aliphatic carbocycles. The SMILES string of the molecule is Cc1ccccc1CS(=O)(=O)CCCCBr. The fraction of sp³-hybridized carbons (Fsp3) is 0.500. The highest BCUT2D eigenvalue weighted by Crippen LogP contribution is 2.12. The molecule has 0 heterocycles. The van der Waals surface area contributed by atoms with Gasteiger partial charge in [0, 0.05) is 5.33 Å². The van der Waals surface area contributed by atoms with Crippen LogP contribution in [0.2, 0.25) is 0 Å². The van der Waals surface area contributed by atoms with Crippen LogP contribution in [0, 0.1) is 6.92 Å². The predicted octanol–water partition coefficient (Wildman–Crippen LogP) is 3.08. The molecule has 1 aromatic rings. The van der Waals surface area contributed by atoms with Crippen LogP contribution in [0.4, 0.5) is 0 Å². The Morgan fingerprint density at radius 3 is 2.50 bits per heavy atom. The van der Waals surface area contributed by atoms with Gasteiger partial charge in [0.2, 0.25) is 0 Å². The van der Waals surface area contributed by atoms with Gasteiger partial charge in [-0.1, -0.05) is 40.2 Å². The van der Waals surface area contributed by atoms with E-state index in [1.165, 1.54) is 0 Å². The molecule has 0 bridgehead atoms. The Balaban J connectivity index is 2.63. The summed E-state index contributed by atoms with van der Waals surface area (Å²) >= 11 is 3.30. The molecule has 4 heteroatoms. The van der Waals surface area contributed by atoms with Gasteiger partial charge < -0.3 is 0 Å². The average Bonchev–Trinajstić information content (AvgIpc) is 2.21. The van der Waals surface area contributed by atoms with Crippen LogP contribution in [0.5, 0.6) is 0 Å². The van der Waals surface area contributed by atoms with Crippen molar-refractivity contribution in [2.24, 2.45) is 0 Å². The Morgan fingerprint density at radius 1 is 1.19 bits per heavy atom. The third kappa shape index (κ3) is 4.66. The standard InChI is InChI=1S/C12H17BrO2S/c1-11-6-2-3-7-12(11)10-16(14,15)9-5-4-8-13/h2-3,6-7H,4-5,8-10H2,1H3. The molecule has 0 radical (unpaired) electrons. The molecule has 0 spiro atoms. The van der Waals surface area contributed by atoms with Crippen molar-refractivity contribution < 1.29 is 8.42 Å². The molecule has 0 saturated heterocycles. The van der Waals surface area contributed by atoms with Crippen molar-refractivity contribution in [1.82, 2.24) is 0 Å². The van der Waals surface area contributed by atoms with Gasteiger partial charge in [-0.2, -0.15) is 0 Å². The van der Waals surface area contributed by atoms with E-state index in [1.807, 2.05) is 31.2 Å². The topological polar surface area (TPSA) is 34.1 Å². The van der Waals surface area contributed by atoms with Crippen LogP contribution in [0.25, 0.3) is 0 Å². The van der Waals surface area contributed by atoms with E-state index < -0.39 is 9.84 Å². The van der Waals surface area contributed by atoms with Gasteiger partial charge in [-0.3, -0.25) is 0 Å². The maximum atomic E-state index is 11.8. The van der Waals surface area contributed by atoms with Crippen LogP contribution in [-0.4, -0.2) is 19.5 Å². The number of aryl methyl sites for hydroxylation is 1. The normalized spacial score (nSPS) is 11.6. The minimum absolute atomic E-state index is 0.169. The van der Waals surface area contributed by atoms with E-state index in [4.69, 9.17) is 0 Å². The molecule has 0 saturated carbocycles. The number of alkyl halides is 1. The number of benzene rings is 1. The van der Waals surface area contributed by atoms with Gasteiger partial charge in [0.25, 0.3) is 0 Å². The highest BCUT2D eigenvalue weighted by atomic mass is 79.9. The maximum absolute atomic E-state index is 11.8. The van der Waals surface area contributed by atoms with Crippen molar-refractivity contribution in [3.63, 3.8) is 0 Å². The Morgan fingerprint density at radius 2 is 1.88 bits per heavy atom. The molecule has 0 aliphatic rings. The van der Waals surface area contributed by atoms with Crippen molar-refractivity contribution >= 4 is 25.8 Å². The van der Waals surface area contributed by atoms with Crippen LogP contribution in [0.1, 0.15) is 24.0 Å². The Bertz CT molecular complexity index is 426. The minimum Gasteiger partial charge on any atom is -0.228 e. The minimum atomic E-state index is -2.95. The number of sulfone groups is 1. The lowest BCUT2D eigenvalue weighted by Crippen LogP contribution is -2.10. The van der Waals surface area contributed by atoms with E-state index in [2.05, 4.69) is 15.9 Å². The number of unbranched alkanes of at least 4 members (excludes halogenated alkanes) is 1. The molecule has 90 valence electrons. The summed E-state index contributed by atoms with van der Waals surface area (Å²) in [4.78, 5) is 0. The van der Waals surface area contributed by atoms with E-state index in [1.54, 1.807) is 0 Å². The number of rotatable bonds is 6. The summed E-state index contributed by atoms with van der Waals surface area (Å²) in [6.07, 6.45) is 1.65. The fourth-order valence-corrected chi connectivity index (χ4v) is 3.48. The van der Waals surface area contributed by atoms with Gasteiger partial charge in [0.05, 0.1) is 11.5 Å². The zero-order valence-electron chi connectivity index (χ0n) is 9.45. The van der Waals surface area contributed by atoms with E-state index >= 15 is 0 Å². The van der Waals surface area contributed by atoms with Crippen molar-refractivity contribution in [1.29, 1.82) is 0 Å². The maximum Gasteiger partial charge on any atom is 0.154 e. The second-order valence-corrected chi connectivity index (χ2v) is 6.89. The number of halogens is 1. The van der Waals surface area contributed by atoms with Crippen LogP contribution in [0.15, 0.2) is 24.3 Å². The third-order valence-corrected chi connectivity index (χ3v) is 4.70. The molecule has 1 rings (SSSR count). The van der Waals surface area contributed by atoms with Gasteiger partial charge in [0.15, 0.2) is 9.84 Å². The van der Waals surface area contributed by atoms with Gasteiger partial charge >= 0.3 is 0 Å². The largest absolute Gasteiger partial charge is 0.228 e. The third-order valence-electron chi connectivity index (χ3n) is 2.48. The zero-order valence-corrected chi connectivity index (χ0v) is 11.9. The van der Waals surface area contributed by atoms with Crippen molar-refractivity contribution in [3.8, 4) is 0 Å². The number of hydrogen-bond acceptors (Lipinski definition) is 2. The molecule has 0 aromatic heterocycles. The molecule has 16 heavy (non-hydrogen) atoms. The molecule has 2 nitrogen and oxygen atoms in total. The lowest BCUT2D eigenvalue weighted by atomic mass is 10.1. The molecule has 0 amide bonds. The monoisotopic (exact) mass is 304 g/mol. The summed E-state index contributed by atoms with van der Waals surface area (Å²) in [7, 11) is -2.95. The summed E-state index contributed by atoms with van der Waals surface area (Å²) in [6.45, 7) is 1.95. The van der Waals surface area contributed by atoms with Gasteiger partial charge in [-0.25, -0.2) is 8.42 Å². The van der Waals surface area contributed by atoms with Crippen LogP contribution >= 0.6 is 15.9 Å². The zero-order chi connectivity index (χ0) is 12.0. The molecule has 0 N–H and O–H groups in total. The second kappa shape index (κ2) is 6.40. The quantitative estimate of drug-likeness (QED) is 0.598. The van der Waals surface area contributed by atoms with E-state index in [0.717, 1.165) is 29.3 Å². The predicted molar refractivity (Wildman–Crippen MR) is 71.7 cm³/mol. The summed E-state index contributed by atoms with van der Waals surface area (Å²) in [5.74, 6) is 0.453. The summed E-state index contributed by atoms with van der Waals surface area (Å²) in [6, 6.07) is 7.65. The van der Waals surface area contributed by atoms with E-state index in [0.29, 0.717) is 0 Å². The molecule has 0 aliphatic heterocycles. The highest BCUT2D eigenvalue weighted by molar-refractivity contribution is 9.09. The van der Waals surface area contributed by atoms with Gasteiger partial charge in [-0.15, -0.1) is 0 Å². The van der Waals surface area contributed by atoms with Gasteiger partial charge in [-0.05, 0) is 30.9 Å². The Kier molecular flexibility index (Phi) is 5.49. The summed E-state index contributed by atoms with van der Waals surface area (Å²) in [5, 5.41) is 0.868. The molecule has 0 unspecified atom stereocenters. The van der Waals surface area contributed by atoms with Crippen molar-refractivity contribution in [2.75, 3.05) is 11.1 Å². The van der Waals surface area contributed by atoms with Gasteiger partial charge in [0.1, 0.15) is 0 Å². The van der Waals surface area contributed by atoms with Crippen LogP contribution < -0.4 is 0 Å². The molecular weight excluding hydrogens is 288 g/mol. The first-order valence-corrected chi connectivity index (χ1v) is 8.30. The lowest BCUT2D eigenvalue weighted by molar-refractivity contribution is 0.592. The molecular formula is C12H17BrO2S. The van der Waals surface area contributed by atoms with E-state index in [-0.39, 0.29) is 11.5 Å². The van der Waals surface area contributed by atoms with Crippen LogP contribution in [-0.2, 0) is 15.6 Å². The van der Waals surface area contributed by atoms with Crippen molar-refractivity contribution in [3.05, 3.63) is 35.4 Å². The summed E-state index contributed by atoms with van der Waals surface area (Å²) < 4.78 is 23.6. The molecule has 0 fully saturated rings. The first kappa shape index (κ1) is 13.7. The summed E-state index contributed by atoms with van der Waals surface area (Å²) in [5.41, 5.74) is 1.97. The average molecular weight is 305 g/mol. The molecule has 0 atom stereocenters. The lowest BCUT2D eigenvalue weighted by Gasteiger charge is -2.06. The number of hydrogen-bond donors (Lipinski definition) is 0. The highest BCUT2D eigenvalue weighted by Gasteiger charge is 2.12.